The Morgan fingerprint density at radius 1 is 1.45 bits per heavy atom. The van der Waals surface area contributed by atoms with E-state index in [0.29, 0.717) is 19.1 Å². The molecule has 1 aromatic heterocycles. The maximum absolute atomic E-state index is 12.8. The molecule has 112 valence electrons. The first-order valence-electron chi connectivity index (χ1n) is 7.40. The van der Waals surface area contributed by atoms with Crippen LogP contribution in [0.1, 0.15) is 44.6 Å². The summed E-state index contributed by atoms with van der Waals surface area (Å²) >= 11 is 0. The number of aromatic nitrogens is 2. The van der Waals surface area contributed by atoms with Gasteiger partial charge in [0.25, 0.3) is 10.0 Å². The molecule has 2 heterocycles. The van der Waals surface area contributed by atoms with E-state index >= 15 is 0 Å². The molecule has 0 amide bonds. The molecule has 3 rings (SSSR count). The lowest BCUT2D eigenvalue weighted by Gasteiger charge is -2.22. The van der Waals surface area contributed by atoms with Crippen LogP contribution in [0.5, 0.6) is 0 Å². The first-order chi connectivity index (χ1) is 9.63. The molecule has 1 aliphatic carbocycles. The second kappa shape index (κ2) is 5.46. The number of H-pyrrole nitrogens is 1. The van der Waals surface area contributed by atoms with Gasteiger partial charge in [0.05, 0.1) is 6.20 Å². The molecule has 2 aliphatic rings. The van der Waals surface area contributed by atoms with Crippen molar-refractivity contribution in [2.24, 2.45) is 0 Å². The lowest BCUT2D eigenvalue weighted by Crippen LogP contribution is -2.36. The highest BCUT2D eigenvalue weighted by Crippen LogP contribution is 2.28. The number of nitrogens with one attached hydrogen (secondary N) is 2. The summed E-state index contributed by atoms with van der Waals surface area (Å²) in [6.45, 7) is 3.23. The summed E-state index contributed by atoms with van der Waals surface area (Å²) in [5.41, 5.74) is 0.749. The molecule has 1 aliphatic heterocycles. The average Bonchev–Trinajstić information content (AvgIpc) is 2.95. The molecule has 2 fully saturated rings. The Labute approximate surface area is 120 Å². The standard InChI is InChI=1S/C13H22N4O2S/c1-2-12-4-3-7-17(12)20(18,19)13-10(9-15-16-13)8-14-11-5-6-11/h9,11-12,14H,2-8H2,1H3,(H,15,16). The predicted molar refractivity (Wildman–Crippen MR) is 75.7 cm³/mol. The lowest BCUT2D eigenvalue weighted by atomic mass is 10.2. The minimum atomic E-state index is -3.44. The molecule has 1 saturated carbocycles. The van der Waals surface area contributed by atoms with Crippen LogP contribution in [0, 0.1) is 0 Å². The topological polar surface area (TPSA) is 78.1 Å². The van der Waals surface area contributed by atoms with Gasteiger partial charge < -0.3 is 5.32 Å². The fourth-order valence-corrected chi connectivity index (χ4v) is 4.72. The molecule has 1 atom stereocenters. The molecular weight excluding hydrogens is 276 g/mol. The zero-order valence-corrected chi connectivity index (χ0v) is 12.6. The second-order valence-corrected chi connectivity index (χ2v) is 7.53. The van der Waals surface area contributed by atoms with Crippen molar-refractivity contribution in [3.63, 3.8) is 0 Å². The fourth-order valence-electron chi connectivity index (χ4n) is 2.84. The Hall–Kier alpha value is -0.920. The summed E-state index contributed by atoms with van der Waals surface area (Å²) in [6, 6.07) is 0.683. The van der Waals surface area contributed by atoms with E-state index in [1.165, 1.54) is 12.8 Å². The van der Waals surface area contributed by atoms with Crippen LogP contribution in [0.3, 0.4) is 0 Å². The fraction of sp³-hybridized carbons (Fsp3) is 0.769. The summed E-state index contributed by atoms with van der Waals surface area (Å²) in [7, 11) is -3.44. The molecule has 1 unspecified atom stereocenters. The third kappa shape index (κ3) is 2.62. The molecule has 0 aromatic carbocycles. The van der Waals surface area contributed by atoms with Crippen LogP contribution in [-0.4, -0.2) is 41.5 Å². The molecule has 0 bridgehead atoms. The zero-order valence-electron chi connectivity index (χ0n) is 11.8. The highest BCUT2D eigenvalue weighted by molar-refractivity contribution is 7.89. The van der Waals surface area contributed by atoms with Gasteiger partial charge in [-0.25, -0.2) is 8.42 Å². The monoisotopic (exact) mass is 298 g/mol. The molecule has 20 heavy (non-hydrogen) atoms. The van der Waals surface area contributed by atoms with E-state index in [1.54, 1.807) is 10.5 Å². The normalized spacial score (nSPS) is 24.4. The van der Waals surface area contributed by atoms with Crippen LogP contribution in [-0.2, 0) is 16.6 Å². The van der Waals surface area contributed by atoms with Crippen LogP contribution in [0.4, 0.5) is 0 Å². The van der Waals surface area contributed by atoms with Crippen LogP contribution in [0.25, 0.3) is 0 Å². The zero-order chi connectivity index (χ0) is 14.2. The molecule has 1 saturated heterocycles. The van der Waals surface area contributed by atoms with Crippen molar-refractivity contribution in [3.05, 3.63) is 11.8 Å². The van der Waals surface area contributed by atoms with Crippen molar-refractivity contribution >= 4 is 10.0 Å². The SMILES string of the molecule is CCC1CCCN1S(=O)(=O)c1[nH]ncc1CNC1CC1. The van der Waals surface area contributed by atoms with Gasteiger partial charge in [0, 0.05) is 30.7 Å². The molecule has 6 nitrogen and oxygen atoms in total. The number of hydrogen-bond acceptors (Lipinski definition) is 4. The maximum atomic E-state index is 12.8. The molecular formula is C13H22N4O2S. The van der Waals surface area contributed by atoms with Crippen molar-refractivity contribution in [1.82, 2.24) is 19.8 Å². The predicted octanol–water partition coefficient (Wildman–Crippen LogP) is 1.22. The van der Waals surface area contributed by atoms with E-state index in [9.17, 15) is 8.42 Å². The summed E-state index contributed by atoms with van der Waals surface area (Å²) in [5, 5.41) is 10.2. The molecule has 7 heteroatoms. The first kappa shape index (κ1) is 14.0. The molecule has 0 spiro atoms. The van der Waals surface area contributed by atoms with E-state index in [4.69, 9.17) is 0 Å². The van der Waals surface area contributed by atoms with Gasteiger partial charge in [-0.3, -0.25) is 5.10 Å². The van der Waals surface area contributed by atoms with Gasteiger partial charge in [0.1, 0.15) is 0 Å². The van der Waals surface area contributed by atoms with E-state index in [-0.39, 0.29) is 11.1 Å². The summed E-state index contributed by atoms with van der Waals surface area (Å²) < 4.78 is 27.2. The molecule has 0 radical (unpaired) electrons. The quantitative estimate of drug-likeness (QED) is 0.828. The smallest absolute Gasteiger partial charge is 0.260 e. The Morgan fingerprint density at radius 2 is 2.25 bits per heavy atom. The van der Waals surface area contributed by atoms with Gasteiger partial charge in [0.2, 0.25) is 0 Å². The van der Waals surface area contributed by atoms with Gasteiger partial charge in [0.15, 0.2) is 5.03 Å². The van der Waals surface area contributed by atoms with Crippen LogP contribution < -0.4 is 5.32 Å². The van der Waals surface area contributed by atoms with Crippen LogP contribution in [0.15, 0.2) is 11.2 Å². The Bertz CT molecular complexity index is 565. The van der Waals surface area contributed by atoms with Gasteiger partial charge in [-0.05, 0) is 32.1 Å². The largest absolute Gasteiger partial charge is 0.310 e. The van der Waals surface area contributed by atoms with Crippen LogP contribution in [0.2, 0.25) is 0 Å². The highest BCUT2D eigenvalue weighted by atomic mass is 32.2. The average molecular weight is 298 g/mol. The lowest BCUT2D eigenvalue weighted by molar-refractivity contribution is 0.377. The number of hydrogen-bond donors (Lipinski definition) is 2. The molecule has 2 N–H and O–H groups in total. The number of rotatable bonds is 6. The Kier molecular flexibility index (Phi) is 3.83. The Balaban J connectivity index is 1.81. The summed E-state index contributed by atoms with van der Waals surface area (Å²) in [4.78, 5) is 0. The summed E-state index contributed by atoms with van der Waals surface area (Å²) in [5.74, 6) is 0. The second-order valence-electron chi connectivity index (χ2n) is 5.70. The maximum Gasteiger partial charge on any atom is 0.260 e. The van der Waals surface area contributed by atoms with Gasteiger partial charge in [-0.15, -0.1) is 0 Å². The van der Waals surface area contributed by atoms with Gasteiger partial charge in [-0.2, -0.15) is 9.40 Å². The third-order valence-electron chi connectivity index (χ3n) is 4.20. The number of aromatic amines is 1. The number of sulfonamides is 1. The van der Waals surface area contributed by atoms with Crippen molar-refractivity contribution < 1.29 is 8.42 Å². The van der Waals surface area contributed by atoms with E-state index < -0.39 is 10.0 Å². The van der Waals surface area contributed by atoms with E-state index in [0.717, 1.165) is 24.8 Å². The third-order valence-corrected chi connectivity index (χ3v) is 6.17. The van der Waals surface area contributed by atoms with Crippen molar-refractivity contribution in [1.29, 1.82) is 0 Å². The molecule has 1 aromatic rings. The summed E-state index contributed by atoms with van der Waals surface area (Å²) in [6.07, 6.45) is 6.76. The van der Waals surface area contributed by atoms with Crippen molar-refractivity contribution in [3.8, 4) is 0 Å². The van der Waals surface area contributed by atoms with E-state index in [1.807, 2.05) is 6.92 Å². The van der Waals surface area contributed by atoms with Gasteiger partial charge in [-0.1, -0.05) is 6.92 Å². The highest BCUT2D eigenvalue weighted by Gasteiger charge is 2.36. The first-order valence-corrected chi connectivity index (χ1v) is 8.84. The van der Waals surface area contributed by atoms with Crippen molar-refractivity contribution in [2.75, 3.05) is 6.54 Å². The van der Waals surface area contributed by atoms with E-state index in [2.05, 4.69) is 15.5 Å². The van der Waals surface area contributed by atoms with Crippen LogP contribution >= 0.6 is 0 Å². The van der Waals surface area contributed by atoms with Gasteiger partial charge >= 0.3 is 0 Å². The van der Waals surface area contributed by atoms with Crippen molar-refractivity contribution in [2.45, 2.75) is 62.7 Å². The minimum absolute atomic E-state index is 0.132. The number of nitrogens with zero attached hydrogens (tertiary/aromatic N) is 2. The minimum Gasteiger partial charge on any atom is -0.310 e. The Morgan fingerprint density at radius 3 is 2.95 bits per heavy atom.